The van der Waals surface area contributed by atoms with E-state index in [2.05, 4.69) is 4.98 Å². The van der Waals surface area contributed by atoms with E-state index in [-0.39, 0.29) is 11.2 Å². The molecule has 0 bridgehead atoms. The van der Waals surface area contributed by atoms with Gasteiger partial charge in [-0.25, -0.2) is 9.78 Å². The van der Waals surface area contributed by atoms with Crippen molar-refractivity contribution in [3.05, 3.63) is 28.6 Å². The lowest BCUT2D eigenvalue weighted by Crippen LogP contribution is -2.28. The lowest BCUT2D eigenvalue weighted by Gasteiger charge is -2.15. The topological polar surface area (TPSA) is 59.5 Å². The highest BCUT2D eigenvalue weighted by molar-refractivity contribution is 8.02. The molecule has 5 nitrogen and oxygen atoms in total. The highest BCUT2D eigenvalue weighted by atomic mass is 32.2. The van der Waals surface area contributed by atoms with Gasteiger partial charge in [-0.3, -0.25) is 4.79 Å². The molecule has 1 fully saturated rings. The summed E-state index contributed by atoms with van der Waals surface area (Å²) in [5.74, 6) is -0.377. The first-order valence-electron chi connectivity index (χ1n) is 6.24. The molecule has 1 saturated heterocycles. The Kier molecular flexibility index (Phi) is 4.27. The van der Waals surface area contributed by atoms with Gasteiger partial charge in [-0.15, -0.1) is 22.7 Å². The average molecular weight is 340 g/mol. The molecule has 1 aliphatic rings. The van der Waals surface area contributed by atoms with Gasteiger partial charge in [-0.2, -0.15) is 0 Å². The van der Waals surface area contributed by atoms with Crippen LogP contribution in [0.15, 0.2) is 27.4 Å². The average Bonchev–Trinajstić information content (AvgIpc) is 3.21. The maximum atomic E-state index is 12.5. The molecule has 2 aromatic rings. The maximum Gasteiger partial charge on any atom is 0.340 e. The van der Waals surface area contributed by atoms with Gasteiger partial charge in [-0.1, -0.05) is 11.8 Å². The molecule has 0 spiro atoms. The summed E-state index contributed by atoms with van der Waals surface area (Å²) in [6.45, 7) is 0.617. The van der Waals surface area contributed by atoms with E-state index in [0.717, 1.165) is 10.8 Å². The van der Waals surface area contributed by atoms with Gasteiger partial charge in [-0.05, 0) is 17.9 Å². The van der Waals surface area contributed by atoms with E-state index in [1.54, 1.807) is 22.5 Å². The molecule has 0 aromatic carbocycles. The SMILES string of the molecule is COC(=O)c1ccsc1N1CC[C@H](Sc2nccs2)C1=O. The molecule has 0 saturated carbocycles. The van der Waals surface area contributed by atoms with E-state index in [1.807, 2.05) is 5.38 Å². The van der Waals surface area contributed by atoms with Gasteiger partial charge in [0.25, 0.3) is 0 Å². The summed E-state index contributed by atoms with van der Waals surface area (Å²) in [4.78, 5) is 30.1. The van der Waals surface area contributed by atoms with Crippen LogP contribution in [0.3, 0.4) is 0 Å². The first-order chi connectivity index (χ1) is 10.2. The van der Waals surface area contributed by atoms with Crippen molar-refractivity contribution in [3.8, 4) is 0 Å². The molecular formula is C13H12N2O3S3. The van der Waals surface area contributed by atoms with Gasteiger partial charge in [0, 0.05) is 18.1 Å². The predicted molar refractivity (Wildman–Crippen MR) is 84.4 cm³/mol. The Labute approximate surface area is 133 Å². The number of anilines is 1. The zero-order chi connectivity index (χ0) is 14.8. The predicted octanol–water partition coefficient (Wildman–Crippen LogP) is 2.89. The van der Waals surface area contributed by atoms with Crippen LogP contribution in [0.25, 0.3) is 0 Å². The van der Waals surface area contributed by atoms with Crippen molar-refractivity contribution in [2.24, 2.45) is 0 Å². The standard InChI is InChI=1S/C13H12N2O3S3/c1-18-12(17)8-3-6-19-11(8)15-5-2-9(10(15)16)21-13-14-4-7-20-13/h3-4,6-7,9H,2,5H2,1H3/t9-/m0/s1. The summed E-state index contributed by atoms with van der Waals surface area (Å²) in [5, 5.41) is 4.24. The number of carbonyl (C=O) groups is 2. The Bertz CT molecular complexity index is 653. The van der Waals surface area contributed by atoms with Crippen molar-refractivity contribution in [2.45, 2.75) is 16.0 Å². The van der Waals surface area contributed by atoms with E-state index < -0.39 is 5.97 Å². The van der Waals surface area contributed by atoms with Crippen molar-refractivity contribution in [1.82, 2.24) is 4.98 Å². The van der Waals surface area contributed by atoms with Crippen LogP contribution in [-0.4, -0.2) is 35.8 Å². The zero-order valence-electron chi connectivity index (χ0n) is 11.1. The molecule has 0 N–H and O–H groups in total. The van der Waals surface area contributed by atoms with Gasteiger partial charge in [0.2, 0.25) is 5.91 Å². The quantitative estimate of drug-likeness (QED) is 0.801. The lowest BCUT2D eigenvalue weighted by molar-refractivity contribution is -0.116. The fourth-order valence-electron chi connectivity index (χ4n) is 2.13. The smallest absolute Gasteiger partial charge is 0.340 e. The molecule has 0 aliphatic carbocycles. The van der Waals surface area contributed by atoms with Crippen molar-refractivity contribution in [2.75, 3.05) is 18.6 Å². The van der Waals surface area contributed by atoms with Crippen LogP contribution in [0, 0.1) is 0 Å². The molecule has 0 radical (unpaired) electrons. The summed E-state index contributed by atoms with van der Waals surface area (Å²) in [6, 6.07) is 1.69. The summed E-state index contributed by atoms with van der Waals surface area (Å²) >= 11 is 4.41. The Hall–Kier alpha value is -1.38. The number of hydrogen-bond donors (Lipinski definition) is 0. The number of thiophene rings is 1. The number of aromatic nitrogens is 1. The summed E-state index contributed by atoms with van der Waals surface area (Å²) in [7, 11) is 1.34. The van der Waals surface area contributed by atoms with Crippen LogP contribution in [0.1, 0.15) is 16.8 Å². The molecule has 3 rings (SSSR count). The number of carbonyl (C=O) groups excluding carboxylic acids is 2. The molecule has 21 heavy (non-hydrogen) atoms. The van der Waals surface area contributed by atoms with E-state index in [9.17, 15) is 9.59 Å². The van der Waals surface area contributed by atoms with Gasteiger partial charge < -0.3 is 9.64 Å². The van der Waals surface area contributed by atoms with E-state index in [1.165, 1.54) is 41.5 Å². The summed E-state index contributed by atoms with van der Waals surface area (Å²) < 4.78 is 5.66. The number of hydrogen-bond acceptors (Lipinski definition) is 7. The van der Waals surface area contributed by atoms with Crippen LogP contribution in [-0.2, 0) is 9.53 Å². The number of thioether (sulfide) groups is 1. The Morgan fingerprint density at radius 2 is 2.33 bits per heavy atom. The molecule has 110 valence electrons. The number of amides is 1. The largest absolute Gasteiger partial charge is 0.465 e. The number of thiazole rings is 1. The molecular weight excluding hydrogens is 328 g/mol. The molecule has 2 aromatic heterocycles. The second-order valence-corrected chi connectivity index (χ2v) is 7.55. The number of ether oxygens (including phenoxy) is 1. The van der Waals surface area contributed by atoms with Crippen LogP contribution in [0.4, 0.5) is 5.00 Å². The first-order valence-corrected chi connectivity index (χ1v) is 8.88. The minimum absolute atomic E-state index is 0.0304. The van der Waals surface area contributed by atoms with Crippen molar-refractivity contribution >= 4 is 51.3 Å². The third-order valence-corrected chi connectivity index (χ3v) is 6.21. The first kappa shape index (κ1) is 14.6. The Balaban J connectivity index is 1.78. The van der Waals surface area contributed by atoms with Crippen molar-refractivity contribution in [1.29, 1.82) is 0 Å². The van der Waals surface area contributed by atoms with Gasteiger partial charge in [0.05, 0.1) is 17.9 Å². The highest BCUT2D eigenvalue weighted by Gasteiger charge is 2.36. The molecule has 1 amide bonds. The van der Waals surface area contributed by atoms with Crippen molar-refractivity contribution < 1.29 is 14.3 Å². The number of nitrogens with zero attached hydrogens (tertiary/aromatic N) is 2. The van der Waals surface area contributed by atoms with E-state index >= 15 is 0 Å². The third kappa shape index (κ3) is 2.83. The normalized spacial score (nSPS) is 18.2. The monoisotopic (exact) mass is 340 g/mol. The minimum Gasteiger partial charge on any atom is -0.465 e. The van der Waals surface area contributed by atoms with Gasteiger partial charge in [0.15, 0.2) is 4.34 Å². The van der Waals surface area contributed by atoms with Crippen LogP contribution in [0.2, 0.25) is 0 Å². The fourth-order valence-corrected chi connectivity index (χ4v) is 4.96. The summed E-state index contributed by atoms with van der Waals surface area (Å²) in [6.07, 6.45) is 2.49. The maximum absolute atomic E-state index is 12.5. The fraction of sp³-hybridized carbons (Fsp3) is 0.308. The Morgan fingerprint density at radius 3 is 3.05 bits per heavy atom. The van der Waals surface area contributed by atoms with Crippen molar-refractivity contribution in [3.63, 3.8) is 0 Å². The minimum atomic E-state index is -0.407. The van der Waals surface area contributed by atoms with Gasteiger partial charge >= 0.3 is 5.97 Å². The molecule has 1 atom stereocenters. The van der Waals surface area contributed by atoms with Gasteiger partial charge in [0.1, 0.15) is 5.00 Å². The van der Waals surface area contributed by atoms with E-state index in [0.29, 0.717) is 17.1 Å². The lowest BCUT2D eigenvalue weighted by atomic mass is 10.3. The molecule has 1 aliphatic heterocycles. The Morgan fingerprint density at radius 1 is 1.48 bits per heavy atom. The molecule has 0 unspecified atom stereocenters. The van der Waals surface area contributed by atoms with Crippen LogP contribution in [0.5, 0.6) is 0 Å². The number of esters is 1. The number of methoxy groups -OCH3 is 1. The third-order valence-electron chi connectivity index (χ3n) is 3.10. The van der Waals surface area contributed by atoms with Crippen LogP contribution < -0.4 is 4.90 Å². The zero-order valence-corrected chi connectivity index (χ0v) is 13.6. The highest BCUT2D eigenvalue weighted by Crippen LogP contribution is 2.37. The van der Waals surface area contributed by atoms with Crippen LogP contribution >= 0.6 is 34.4 Å². The molecule has 8 heteroatoms. The second-order valence-electron chi connectivity index (χ2n) is 4.31. The summed E-state index contributed by atoms with van der Waals surface area (Å²) in [5.41, 5.74) is 0.454. The second kappa shape index (κ2) is 6.17. The molecule has 3 heterocycles. The van der Waals surface area contributed by atoms with E-state index in [4.69, 9.17) is 4.74 Å². The number of rotatable bonds is 4.